The maximum atomic E-state index is 12.9. The van der Waals surface area contributed by atoms with Gasteiger partial charge >= 0.3 is 6.03 Å². The van der Waals surface area contributed by atoms with E-state index >= 15 is 0 Å². The van der Waals surface area contributed by atoms with Gasteiger partial charge in [-0.1, -0.05) is 35.4 Å². The van der Waals surface area contributed by atoms with E-state index in [-0.39, 0.29) is 17.5 Å². The summed E-state index contributed by atoms with van der Waals surface area (Å²) in [6.07, 6.45) is 1.48. The zero-order valence-electron chi connectivity index (χ0n) is 15.0. The number of nitrogens with one attached hydrogen (secondary N) is 2. The van der Waals surface area contributed by atoms with E-state index in [9.17, 15) is 13.2 Å². The predicted molar refractivity (Wildman–Crippen MR) is 107 cm³/mol. The Bertz CT molecular complexity index is 916. The summed E-state index contributed by atoms with van der Waals surface area (Å²) < 4.78 is 27.3. The van der Waals surface area contributed by atoms with Gasteiger partial charge in [-0.15, -0.1) is 0 Å². The van der Waals surface area contributed by atoms with Crippen molar-refractivity contribution < 1.29 is 13.2 Å². The monoisotopic (exact) mass is 407 g/mol. The number of nitrogens with zero attached hydrogens (tertiary/aromatic N) is 1. The van der Waals surface area contributed by atoms with E-state index in [2.05, 4.69) is 10.6 Å². The average molecular weight is 408 g/mol. The normalized spacial score (nSPS) is 17.6. The summed E-state index contributed by atoms with van der Waals surface area (Å²) in [6, 6.07) is 13.0. The minimum Gasteiger partial charge on any atom is -0.336 e. The summed E-state index contributed by atoms with van der Waals surface area (Å²) in [5.74, 6) is 0. The molecule has 1 saturated heterocycles. The number of hydrogen-bond acceptors (Lipinski definition) is 3. The van der Waals surface area contributed by atoms with Crippen LogP contribution in [0, 0.1) is 6.92 Å². The Balaban J connectivity index is 1.62. The van der Waals surface area contributed by atoms with E-state index in [4.69, 9.17) is 11.6 Å². The highest BCUT2D eigenvalue weighted by Crippen LogP contribution is 2.26. The minimum atomic E-state index is -3.57. The average Bonchev–Trinajstić information content (AvgIpc) is 3.10. The molecule has 8 heteroatoms. The van der Waals surface area contributed by atoms with Crippen molar-refractivity contribution in [3.8, 4) is 0 Å². The molecule has 1 heterocycles. The minimum absolute atomic E-state index is 0.248. The van der Waals surface area contributed by atoms with E-state index in [1.807, 2.05) is 6.92 Å². The van der Waals surface area contributed by atoms with Gasteiger partial charge in [0.1, 0.15) is 0 Å². The first kappa shape index (κ1) is 19.7. The lowest BCUT2D eigenvalue weighted by Crippen LogP contribution is -2.44. The van der Waals surface area contributed by atoms with Crippen molar-refractivity contribution in [3.05, 3.63) is 59.1 Å². The summed E-state index contributed by atoms with van der Waals surface area (Å²) in [5.41, 5.74) is 1.59. The predicted octanol–water partition coefficient (Wildman–Crippen LogP) is 3.62. The molecule has 0 radical (unpaired) electrons. The third-order valence-corrected chi connectivity index (χ3v) is 6.73. The maximum absolute atomic E-state index is 12.9. The van der Waals surface area contributed by atoms with Crippen LogP contribution in [0.1, 0.15) is 18.4 Å². The van der Waals surface area contributed by atoms with Crippen LogP contribution in [0.2, 0.25) is 5.02 Å². The van der Waals surface area contributed by atoms with Crippen LogP contribution in [-0.4, -0.2) is 37.9 Å². The van der Waals surface area contributed by atoms with Crippen molar-refractivity contribution in [1.82, 2.24) is 9.62 Å². The van der Waals surface area contributed by atoms with Gasteiger partial charge in [0, 0.05) is 29.8 Å². The number of hydrogen-bond donors (Lipinski definition) is 2. The standard InChI is InChI=1S/C19H22ClN3O3S/c1-14-7-9-18(10-8-14)27(25,26)23-11-3-6-17(23)13-21-19(24)22-16-5-2-4-15(20)12-16/h2,4-5,7-10,12,17H,3,6,11,13H2,1H3,(H2,21,22,24). The number of carbonyl (C=O) groups is 1. The molecule has 2 N–H and O–H groups in total. The lowest BCUT2D eigenvalue weighted by molar-refractivity contribution is 0.249. The molecule has 1 aliphatic rings. The molecule has 0 aliphatic carbocycles. The van der Waals surface area contributed by atoms with Gasteiger partial charge in [-0.3, -0.25) is 0 Å². The van der Waals surface area contributed by atoms with Gasteiger partial charge in [0.2, 0.25) is 10.0 Å². The van der Waals surface area contributed by atoms with Crippen molar-refractivity contribution in [3.63, 3.8) is 0 Å². The van der Waals surface area contributed by atoms with E-state index in [1.54, 1.807) is 48.5 Å². The molecule has 1 atom stereocenters. The Morgan fingerprint density at radius 1 is 1.22 bits per heavy atom. The summed E-state index contributed by atoms with van der Waals surface area (Å²) in [5, 5.41) is 5.98. The molecular formula is C19H22ClN3O3S. The molecular weight excluding hydrogens is 386 g/mol. The molecule has 1 fully saturated rings. The maximum Gasteiger partial charge on any atom is 0.319 e. The molecule has 0 bridgehead atoms. The Morgan fingerprint density at radius 2 is 1.96 bits per heavy atom. The van der Waals surface area contributed by atoms with Crippen molar-refractivity contribution >= 4 is 33.3 Å². The number of anilines is 1. The lowest BCUT2D eigenvalue weighted by atomic mass is 10.2. The number of halogens is 1. The number of carbonyl (C=O) groups excluding carboxylic acids is 1. The smallest absolute Gasteiger partial charge is 0.319 e. The van der Waals surface area contributed by atoms with Crippen LogP contribution in [-0.2, 0) is 10.0 Å². The Kier molecular flexibility index (Phi) is 6.04. The Labute approximate surface area is 164 Å². The number of rotatable bonds is 5. The molecule has 2 amide bonds. The fourth-order valence-corrected chi connectivity index (χ4v) is 5.01. The Morgan fingerprint density at radius 3 is 2.67 bits per heavy atom. The quantitative estimate of drug-likeness (QED) is 0.794. The van der Waals surface area contributed by atoms with Crippen molar-refractivity contribution in [2.45, 2.75) is 30.7 Å². The highest BCUT2D eigenvalue weighted by Gasteiger charge is 2.35. The molecule has 2 aromatic carbocycles. The molecule has 1 aliphatic heterocycles. The SMILES string of the molecule is Cc1ccc(S(=O)(=O)N2CCCC2CNC(=O)Nc2cccc(Cl)c2)cc1. The summed E-state index contributed by atoms with van der Waals surface area (Å²) in [4.78, 5) is 12.4. The number of urea groups is 1. The van der Waals surface area contributed by atoms with Crippen LogP contribution in [0.25, 0.3) is 0 Å². The van der Waals surface area contributed by atoms with E-state index in [1.165, 1.54) is 4.31 Å². The van der Waals surface area contributed by atoms with Gasteiger partial charge in [-0.05, 0) is 50.1 Å². The van der Waals surface area contributed by atoms with Crippen LogP contribution < -0.4 is 10.6 Å². The summed E-state index contributed by atoms with van der Waals surface area (Å²) in [7, 11) is -3.57. The van der Waals surface area contributed by atoms with Crippen LogP contribution in [0.3, 0.4) is 0 Å². The van der Waals surface area contributed by atoms with E-state index in [0.29, 0.717) is 23.7 Å². The largest absolute Gasteiger partial charge is 0.336 e. The first-order chi connectivity index (χ1) is 12.9. The highest BCUT2D eigenvalue weighted by atomic mass is 35.5. The first-order valence-corrected chi connectivity index (χ1v) is 10.6. The number of benzene rings is 2. The van der Waals surface area contributed by atoms with Gasteiger partial charge < -0.3 is 10.6 Å². The first-order valence-electron chi connectivity index (χ1n) is 8.75. The van der Waals surface area contributed by atoms with Crippen LogP contribution in [0.5, 0.6) is 0 Å². The number of amides is 2. The van der Waals surface area contributed by atoms with E-state index in [0.717, 1.165) is 12.0 Å². The third-order valence-electron chi connectivity index (χ3n) is 4.53. The van der Waals surface area contributed by atoms with Gasteiger partial charge in [-0.2, -0.15) is 4.31 Å². The Hall–Kier alpha value is -2.09. The zero-order valence-corrected chi connectivity index (χ0v) is 16.6. The van der Waals surface area contributed by atoms with Crippen molar-refractivity contribution in [1.29, 1.82) is 0 Å². The van der Waals surface area contributed by atoms with Gasteiger partial charge in [0.25, 0.3) is 0 Å². The van der Waals surface area contributed by atoms with Crippen LogP contribution in [0.4, 0.5) is 10.5 Å². The molecule has 144 valence electrons. The fourth-order valence-electron chi connectivity index (χ4n) is 3.13. The molecule has 27 heavy (non-hydrogen) atoms. The van der Waals surface area contributed by atoms with Crippen LogP contribution >= 0.6 is 11.6 Å². The topological polar surface area (TPSA) is 78.5 Å². The van der Waals surface area contributed by atoms with Crippen molar-refractivity contribution in [2.24, 2.45) is 0 Å². The zero-order chi connectivity index (χ0) is 19.4. The second-order valence-electron chi connectivity index (χ2n) is 6.57. The second kappa shape index (κ2) is 8.29. The molecule has 0 spiro atoms. The molecule has 0 aromatic heterocycles. The lowest BCUT2D eigenvalue weighted by Gasteiger charge is -2.24. The van der Waals surface area contributed by atoms with Crippen molar-refractivity contribution in [2.75, 3.05) is 18.4 Å². The number of sulfonamides is 1. The second-order valence-corrected chi connectivity index (χ2v) is 8.90. The van der Waals surface area contributed by atoms with Gasteiger partial charge in [0.15, 0.2) is 0 Å². The van der Waals surface area contributed by atoms with Gasteiger partial charge in [-0.25, -0.2) is 13.2 Å². The summed E-state index contributed by atoms with van der Waals surface area (Å²) >= 11 is 5.90. The molecule has 3 rings (SSSR count). The van der Waals surface area contributed by atoms with Crippen LogP contribution in [0.15, 0.2) is 53.4 Å². The fraction of sp³-hybridized carbons (Fsp3) is 0.316. The summed E-state index contributed by atoms with van der Waals surface area (Å²) in [6.45, 7) is 2.62. The molecule has 1 unspecified atom stereocenters. The molecule has 2 aromatic rings. The number of aryl methyl sites for hydroxylation is 1. The third kappa shape index (κ3) is 4.80. The van der Waals surface area contributed by atoms with E-state index < -0.39 is 16.1 Å². The highest BCUT2D eigenvalue weighted by molar-refractivity contribution is 7.89. The molecule has 0 saturated carbocycles. The molecule has 6 nitrogen and oxygen atoms in total. The van der Waals surface area contributed by atoms with Gasteiger partial charge in [0.05, 0.1) is 4.90 Å².